The molecule has 1 N–H and O–H groups in total. The van der Waals surface area contributed by atoms with Crippen LogP contribution in [-0.4, -0.2) is 11.1 Å². The van der Waals surface area contributed by atoms with E-state index >= 15 is 0 Å². The summed E-state index contributed by atoms with van der Waals surface area (Å²) in [6.45, 7) is 2.13. The fourth-order valence-corrected chi connectivity index (χ4v) is 1.19. The summed E-state index contributed by atoms with van der Waals surface area (Å²) >= 11 is 0. The maximum atomic E-state index is 10.2. The predicted molar refractivity (Wildman–Crippen MR) is 68.4 cm³/mol. The van der Waals surface area contributed by atoms with Crippen LogP contribution in [0.25, 0.3) is 0 Å². The molecule has 90 valence electrons. The Morgan fingerprint density at radius 2 is 1.50 bits per heavy atom. The Balaban J connectivity index is 3.31. The van der Waals surface area contributed by atoms with Gasteiger partial charge in [0.1, 0.15) is 0 Å². The molecule has 0 bridgehead atoms. The van der Waals surface area contributed by atoms with Gasteiger partial charge in [0, 0.05) is 6.42 Å². The second-order valence-corrected chi connectivity index (χ2v) is 3.57. The second-order valence-electron chi connectivity index (χ2n) is 3.57. The van der Waals surface area contributed by atoms with E-state index in [9.17, 15) is 4.79 Å². The Morgan fingerprint density at radius 3 is 2.12 bits per heavy atom. The zero-order chi connectivity index (χ0) is 12.1. The van der Waals surface area contributed by atoms with Crippen LogP contribution in [0.1, 0.15) is 45.4 Å². The molecule has 2 heteroatoms. The van der Waals surface area contributed by atoms with Gasteiger partial charge in [0.2, 0.25) is 0 Å². The SMILES string of the molecule is CC/C=C\C/C=C\CC/C=C/CCC(=O)O. The molecule has 0 fully saturated rings. The minimum absolute atomic E-state index is 0.230. The van der Waals surface area contributed by atoms with Crippen molar-refractivity contribution in [1.29, 1.82) is 0 Å². The van der Waals surface area contributed by atoms with E-state index in [1.807, 2.05) is 6.08 Å². The first-order valence-electron chi connectivity index (χ1n) is 5.94. The first-order chi connectivity index (χ1) is 7.77. The summed E-state index contributed by atoms with van der Waals surface area (Å²) in [5, 5.41) is 8.41. The minimum atomic E-state index is -0.729. The molecule has 0 atom stereocenters. The number of unbranched alkanes of at least 4 members (excludes halogenated alkanes) is 1. The van der Waals surface area contributed by atoms with Gasteiger partial charge in [-0.2, -0.15) is 0 Å². The van der Waals surface area contributed by atoms with Gasteiger partial charge in [-0.05, 0) is 32.1 Å². The van der Waals surface area contributed by atoms with Crippen LogP contribution in [-0.2, 0) is 4.79 Å². The van der Waals surface area contributed by atoms with Crippen LogP contribution in [0, 0.1) is 0 Å². The molecule has 0 saturated carbocycles. The summed E-state index contributed by atoms with van der Waals surface area (Å²) in [7, 11) is 0. The van der Waals surface area contributed by atoms with E-state index in [0.29, 0.717) is 6.42 Å². The third-order valence-corrected chi connectivity index (χ3v) is 2.03. The van der Waals surface area contributed by atoms with Crippen LogP contribution in [0.15, 0.2) is 36.5 Å². The lowest BCUT2D eigenvalue weighted by Gasteiger charge is -1.88. The first-order valence-corrected chi connectivity index (χ1v) is 5.94. The molecule has 0 heterocycles. The topological polar surface area (TPSA) is 37.3 Å². The quantitative estimate of drug-likeness (QED) is 0.471. The Kier molecular flexibility index (Phi) is 10.8. The highest BCUT2D eigenvalue weighted by Crippen LogP contribution is 1.98. The largest absolute Gasteiger partial charge is 0.481 e. The molecule has 0 unspecified atom stereocenters. The highest BCUT2D eigenvalue weighted by molar-refractivity contribution is 5.66. The van der Waals surface area contributed by atoms with E-state index in [-0.39, 0.29) is 6.42 Å². The number of aliphatic carboxylic acids is 1. The van der Waals surface area contributed by atoms with Crippen molar-refractivity contribution in [3.63, 3.8) is 0 Å². The molecule has 0 spiro atoms. The molecule has 0 aromatic heterocycles. The summed E-state index contributed by atoms with van der Waals surface area (Å²) in [5.41, 5.74) is 0. The molecule has 0 aromatic rings. The standard InChI is InChI=1S/C14H22O2/c1-2-3-4-5-6-7-8-9-10-11-12-13-14(15)16/h3-4,6-7,10-11H,2,5,8-9,12-13H2,1H3,(H,15,16)/b4-3-,7-6-,11-10+. The molecule has 0 saturated heterocycles. The van der Waals surface area contributed by atoms with Crippen molar-refractivity contribution in [2.75, 3.05) is 0 Å². The molecule has 2 nitrogen and oxygen atoms in total. The highest BCUT2D eigenvalue weighted by atomic mass is 16.4. The van der Waals surface area contributed by atoms with E-state index in [0.717, 1.165) is 25.7 Å². The van der Waals surface area contributed by atoms with Crippen LogP contribution in [0.4, 0.5) is 0 Å². The molecule has 16 heavy (non-hydrogen) atoms. The molecular formula is C14H22O2. The molecule has 0 radical (unpaired) electrons. The smallest absolute Gasteiger partial charge is 0.303 e. The summed E-state index contributed by atoms with van der Waals surface area (Å²) in [5.74, 6) is -0.729. The van der Waals surface area contributed by atoms with Crippen LogP contribution < -0.4 is 0 Å². The number of carboxylic acids is 1. The van der Waals surface area contributed by atoms with Crippen LogP contribution in [0.3, 0.4) is 0 Å². The fraction of sp³-hybridized carbons (Fsp3) is 0.500. The summed E-state index contributed by atoms with van der Waals surface area (Å²) in [4.78, 5) is 10.2. The number of hydrogen-bond acceptors (Lipinski definition) is 1. The number of carboxylic acid groups (broad SMARTS) is 1. The average molecular weight is 222 g/mol. The Bertz CT molecular complexity index is 249. The van der Waals surface area contributed by atoms with Crippen molar-refractivity contribution >= 4 is 5.97 Å². The Hall–Kier alpha value is -1.31. The van der Waals surface area contributed by atoms with Crippen LogP contribution in [0.2, 0.25) is 0 Å². The van der Waals surface area contributed by atoms with Crippen LogP contribution >= 0.6 is 0 Å². The van der Waals surface area contributed by atoms with Gasteiger partial charge in [0.05, 0.1) is 0 Å². The second kappa shape index (κ2) is 11.8. The average Bonchev–Trinajstić information content (AvgIpc) is 2.25. The lowest BCUT2D eigenvalue weighted by molar-refractivity contribution is -0.136. The number of rotatable bonds is 9. The molecular weight excluding hydrogens is 200 g/mol. The maximum Gasteiger partial charge on any atom is 0.303 e. The molecule has 0 amide bonds. The van der Waals surface area contributed by atoms with Crippen molar-refractivity contribution in [2.24, 2.45) is 0 Å². The number of allylic oxidation sites excluding steroid dienone is 6. The van der Waals surface area contributed by atoms with E-state index in [4.69, 9.17) is 5.11 Å². The molecule has 0 aliphatic heterocycles. The van der Waals surface area contributed by atoms with Crippen molar-refractivity contribution in [3.8, 4) is 0 Å². The molecule has 0 aliphatic rings. The summed E-state index contributed by atoms with van der Waals surface area (Å²) in [6, 6.07) is 0. The lowest BCUT2D eigenvalue weighted by Crippen LogP contribution is -1.91. The molecule has 0 aromatic carbocycles. The highest BCUT2D eigenvalue weighted by Gasteiger charge is 1.90. The van der Waals surface area contributed by atoms with Gasteiger partial charge < -0.3 is 5.11 Å². The zero-order valence-corrected chi connectivity index (χ0v) is 10.1. The lowest BCUT2D eigenvalue weighted by atomic mass is 10.2. The van der Waals surface area contributed by atoms with Crippen molar-refractivity contribution in [3.05, 3.63) is 36.5 Å². The summed E-state index contributed by atoms with van der Waals surface area (Å²) < 4.78 is 0. The van der Waals surface area contributed by atoms with E-state index < -0.39 is 5.97 Å². The molecule has 0 rings (SSSR count). The third-order valence-electron chi connectivity index (χ3n) is 2.03. The van der Waals surface area contributed by atoms with Crippen molar-refractivity contribution in [2.45, 2.75) is 45.4 Å². The third kappa shape index (κ3) is 12.7. The van der Waals surface area contributed by atoms with Gasteiger partial charge in [0.15, 0.2) is 0 Å². The van der Waals surface area contributed by atoms with Gasteiger partial charge in [-0.25, -0.2) is 0 Å². The molecule has 0 aliphatic carbocycles. The minimum Gasteiger partial charge on any atom is -0.481 e. The Morgan fingerprint density at radius 1 is 0.938 bits per heavy atom. The van der Waals surface area contributed by atoms with Crippen molar-refractivity contribution in [1.82, 2.24) is 0 Å². The normalized spacial score (nSPS) is 12.1. The fourth-order valence-electron chi connectivity index (χ4n) is 1.19. The van der Waals surface area contributed by atoms with Gasteiger partial charge in [-0.1, -0.05) is 43.4 Å². The number of carbonyl (C=O) groups is 1. The van der Waals surface area contributed by atoms with E-state index in [2.05, 4.69) is 37.3 Å². The monoisotopic (exact) mass is 222 g/mol. The number of hydrogen-bond donors (Lipinski definition) is 1. The summed E-state index contributed by atoms with van der Waals surface area (Å²) in [6.07, 6.45) is 17.7. The predicted octanol–water partition coefficient (Wildman–Crippen LogP) is 4.10. The first kappa shape index (κ1) is 14.7. The van der Waals surface area contributed by atoms with Gasteiger partial charge in [-0.3, -0.25) is 4.79 Å². The maximum absolute atomic E-state index is 10.2. The van der Waals surface area contributed by atoms with E-state index in [1.165, 1.54) is 0 Å². The van der Waals surface area contributed by atoms with Crippen molar-refractivity contribution < 1.29 is 9.90 Å². The van der Waals surface area contributed by atoms with Gasteiger partial charge in [-0.15, -0.1) is 0 Å². The van der Waals surface area contributed by atoms with Gasteiger partial charge >= 0.3 is 5.97 Å². The van der Waals surface area contributed by atoms with Crippen LogP contribution in [0.5, 0.6) is 0 Å². The van der Waals surface area contributed by atoms with E-state index in [1.54, 1.807) is 0 Å². The van der Waals surface area contributed by atoms with Gasteiger partial charge in [0.25, 0.3) is 0 Å². The zero-order valence-electron chi connectivity index (χ0n) is 10.1. The Labute approximate surface area is 98.4 Å².